The number of hydrogen-bond acceptors (Lipinski definition) is 9. The minimum Gasteiger partial charge on any atom is -0.475 e. The van der Waals surface area contributed by atoms with Crippen LogP contribution < -0.4 is 0 Å². The Kier molecular flexibility index (Phi) is 4.43. The predicted octanol–water partition coefficient (Wildman–Crippen LogP) is 0.918. The Balaban J connectivity index is 1.91. The lowest BCUT2D eigenvalue weighted by molar-refractivity contribution is -0.195. The normalized spacial score (nSPS) is 38.8. The van der Waals surface area contributed by atoms with Gasteiger partial charge in [0, 0.05) is 18.6 Å². The molecular formula is C21H22O9. The van der Waals surface area contributed by atoms with Gasteiger partial charge >= 0.3 is 17.9 Å². The highest BCUT2D eigenvalue weighted by Gasteiger charge is 2.73. The van der Waals surface area contributed by atoms with Gasteiger partial charge in [-0.15, -0.1) is 0 Å². The monoisotopic (exact) mass is 418 g/mol. The lowest BCUT2D eigenvalue weighted by Gasteiger charge is -2.39. The summed E-state index contributed by atoms with van der Waals surface area (Å²) in [6.45, 7) is 9.42. The molecule has 30 heavy (non-hydrogen) atoms. The molecule has 0 aromatic carbocycles. The molecule has 4 aliphatic rings. The van der Waals surface area contributed by atoms with Crippen molar-refractivity contribution >= 4 is 23.7 Å². The molecule has 0 amide bonds. The van der Waals surface area contributed by atoms with Crippen LogP contribution in [-0.2, 0) is 42.9 Å². The van der Waals surface area contributed by atoms with E-state index in [0.717, 1.165) is 0 Å². The molecule has 2 fully saturated rings. The molecule has 4 heterocycles. The Hall–Kier alpha value is -2.94. The van der Waals surface area contributed by atoms with Crippen LogP contribution in [0.25, 0.3) is 0 Å². The number of rotatable bonds is 3. The van der Waals surface area contributed by atoms with Gasteiger partial charge in [-0.05, 0) is 32.4 Å². The summed E-state index contributed by atoms with van der Waals surface area (Å²) in [7, 11) is 0. The Labute approximate surface area is 172 Å². The standard InChI is InChI=1S/C21H22O9/c1-9(2)18(24)29-16-15-13(28-19(25)21(15)8-26-21)6-10(3)12-7-14(23)20(5,30-12)17(16)27-11(4)22/h6-7,13,15-17H,1,8H2,2-5H3. The molecule has 9 heteroatoms. The Morgan fingerprint density at radius 2 is 1.90 bits per heavy atom. The van der Waals surface area contributed by atoms with Crippen molar-refractivity contribution in [2.45, 2.75) is 57.2 Å². The fraction of sp³-hybridized carbons (Fsp3) is 0.524. The minimum atomic E-state index is -1.67. The first kappa shape index (κ1) is 20.3. The number of carbonyl (C=O) groups excluding carboxylic acids is 4. The fourth-order valence-electron chi connectivity index (χ4n) is 4.19. The summed E-state index contributed by atoms with van der Waals surface area (Å²) in [5, 5.41) is 0. The summed E-state index contributed by atoms with van der Waals surface area (Å²) < 4.78 is 28.1. The van der Waals surface area contributed by atoms with E-state index in [0.29, 0.717) is 5.57 Å². The highest BCUT2D eigenvalue weighted by atomic mass is 16.7. The van der Waals surface area contributed by atoms with E-state index in [4.69, 9.17) is 23.7 Å². The number of hydrogen-bond donors (Lipinski definition) is 0. The Morgan fingerprint density at radius 3 is 2.47 bits per heavy atom. The van der Waals surface area contributed by atoms with Crippen molar-refractivity contribution in [1.29, 1.82) is 0 Å². The number of fused-ring (bicyclic) bond motifs is 4. The topological polar surface area (TPSA) is 118 Å². The molecule has 0 aromatic heterocycles. The second-order valence-corrected chi connectivity index (χ2v) is 8.19. The van der Waals surface area contributed by atoms with Crippen LogP contribution in [0.2, 0.25) is 0 Å². The molecule has 9 nitrogen and oxygen atoms in total. The van der Waals surface area contributed by atoms with E-state index in [2.05, 4.69) is 6.58 Å². The predicted molar refractivity (Wildman–Crippen MR) is 98.6 cm³/mol. The number of epoxide rings is 1. The zero-order valence-corrected chi connectivity index (χ0v) is 17.1. The van der Waals surface area contributed by atoms with Gasteiger partial charge in [0.25, 0.3) is 0 Å². The van der Waals surface area contributed by atoms with Crippen LogP contribution in [0.3, 0.4) is 0 Å². The smallest absolute Gasteiger partial charge is 0.342 e. The molecular weight excluding hydrogens is 396 g/mol. The van der Waals surface area contributed by atoms with E-state index in [1.54, 1.807) is 13.0 Å². The fourth-order valence-corrected chi connectivity index (χ4v) is 4.19. The molecule has 4 rings (SSSR count). The number of carbonyl (C=O) groups is 4. The second-order valence-electron chi connectivity index (χ2n) is 8.19. The third-order valence-electron chi connectivity index (χ3n) is 5.89. The van der Waals surface area contributed by atoms with Crippen molar-refractivity contribution in [3.63, 3.8) is 0 Å². The molecule has 6 atom stereocenters. The summed E-state index contributed by atoms with van der Waals surface area (Å²) >= 11 is 0. The molecule has 6 unspecified atom stereocenters. The van der Waals surface area contributed by atoms with Gasteiger partial charge in [0.05, 0.1) is 12.5 Å². The third kappa shape index (κ3) is 2.87. The second kappa shape index (κ2) is 6.53. The molecule has 0 aliphatic carbocycles. The van der Waals surface area contributed by atoms with Gasteiger partial charge in [-0.2, -0.15) is 0 Å². The molecule has 0 radical (unpaired) electrons. The molecule has 0 N–H and O–H groups in total. The van der Waals surface area contributed by atoms with Crippen LogP contribution in [0.4, 0.5) is 0 Å². The van der Waals surface area contributed by atoms with E-state index < -0.39 is 59.1 Å². The number of ketones is 1. The maximum absolute atomic E-state index is 12.9. The highest BCUT2D eigenvalue weighted by molar-refractivity contribution is 6.01. The van der Waals surface area contributed by atoms with Crippen LogP contribution in [0.15, 0.2) is 35.6 Å². The first-order chi connectivity index (χ1) is 14.0. The summed E-state index contributed by atoms with van der Waals surface area (Å²) in [4.78, 5) is 50.0. The third-order valence-corrected chi connectivity index (χ3v) is 5.89. The first-order valence-corrected chi connectivity index (χ1v) is 9.52. The summed E-state index contributed by atoms with van der Waals surface area (Å²) in [6, 6.07) is 0. The Bertz CT molecular complexity index is 938. The molecule has 0 saturated carbocycles. The molecule has 1 spiro atoms. The van der Waals surface area contributed by atoms with Crippen molar-refractivity contribution in [2.75, 3.05) is 6.61 Å². The first-order valence-electron chi connectivity index (χ1n) is 9.52. The molecule has 4 aliphatic heterocycles. The zero-order valence-electron chi connectivity index (χ0n) is 17.1. The van der Waals surface area contributed by atoms with E-state index >= 15 is 0 Å². The van der Waals surface area contributed by atoms with Crippen LogP contribution in [-0.4, -0.2) is 59.8 Å². The lowest BCUT2D eigenvalue weighted by atomic mass is 9.77. The molecule has 2 saturated heterocycles. The highest BCUT2D eigenvalue weighted by Crippen LogP contribution is 2.51. The number of esters is 3. The SMILES string of the molecule is C=C(C)C(=O)OC1C(OC(C)=O)C2(C)OC(=CC2=O)C(C)=CC2OC(=O)C3(CO3)C21. The molecule has 160 valence electrons. The number of ether oxygens (including phenoxy) is 5. The van der Waals surface area contributed by atoms with Crippen molar-refractivity contribution in [1.82, 2.24) is 0 Å². The van der Waals surface area contributed by atoms with Crippen LogP contribution in [0.5, 0.6) is 0 Å². The molecule has 0 aromatic rings. The summed E-state index contributed by atoms with van der Waals surface area (Å²) in [5.74, 6) is -3.13. The van der Waals surface area contributed by atoms with E-state index in [-0.39, 0.29) is 17.9 Å². The van der Waals surface area contributed by atoms with Gasteiger partial charge in [-0.25, -0.2) is 9.59 Å². The number of allylic oxidation sites excluding steroid dienone is 1. The van der Waals surface area contributed by atoms with Crippen LogP contribution in [0, 0.1) is 5.92 Å². The van der Waals surface area contributed by atoms with E-state index in [9.17, 15) is 19.2 Å². The van der Waals surface area contributed by atoms with Crippen molar-refractivity contribution in [2.24, 2.45) is 5.92 Å². The lowest BCUT2D eigenvalue weighted by Crippen LogP contribution is -2.59. The maximum atomic E-state index is 12.9. The van der Waals surface area contributed by atoms with Gasteiger partial charge in [-0.3, -0.25) is 9.59 Å². The van der Waals surface area contributed by atoms with Crippen molar-refractivity contribution in [3.05, 3.63) is 35.6 Å². The van der Waals surface area contributed by atoms with Gasteiger partial charge in [-0.1, -0.05) is 6.58 Å². The zero-order chi connectivity index (χ0) is 22.0. The summed E-state index contributed by atoms with van der Waals surface area (Å²) in [5.41, 5.74) is -2.37. The van der Waals surface area contributed by atoms with E-state index in [1.165, 1.54) is 26.8 Å². The maximum Gasteiger partial charge on any atom is 0.342 e. The van der Waals surface area contributed by atoms with Gasteiger partial charge in [0.15, 0.2) is 17.8 Å². The van der Waals surface area contributed by atoms with Gasteiger partial charge in [0.2, 0.25) is 11.4 Å². The molecule has 2 bridgehead atoms. The van der Waals surface area contributed by atoms with Crippen molar-refractivity contribution < 1.29 is 42.9 Å². The minimum absolute atomic E-state index is 0.0576. The van der Waals surface area contributed by atoms with Crippen LogP contribution >= 0.6 is 0 Å². The van der Waals surface area contributed by atoms with Crippen LogP contribution in [0.1, 0.15) is 27.7 Å². The summed E-state index contributed by atoms with van der Waals surface area (Å²) in [6.07, 6.45) is -0.562. The van der Waals surface area contributed by atoms with E-state index in [1.807, 2.05) is 0 Å². The Morgan fingerprint density at radius 1 is 1.23 bits per heavy atom. The van der Waals surface area contributed by atoms with Gasteiger partial charge in [0.1, 0.15) is 11.9 Å². The van der Waals surface area contributed by atoms with Crippen molar-refractivity contribution in [3.8, 4) is 0 Å². The van der Waals surface area contributed by atoms with Gasteiger partial charge < -0.3 is 23.7 Å². The quantitative estimate of drug-likeness (QED) is 0.285. The average molecular weight is 418 g/mol. The largest absolute Gasteiger partial charge is 0.475 e. The average Bonchev–Trinajstić information content (AvgIpc) is 3.32.